The SMILES string of the molecule is CC(CNc1cc(Br)ccc1C#N)N(C)C. The highest BCUT2D eigenvalue weighted by molar-refractivity contribution is 9.10. The quantitative estimate of drug-likeness (QED) is 0.922. The van der Waals surface area contributed by atoms with E-state index in [2.05, 4.69) is 39.1 Å². The summed E-state index contributed by atoms with van der Waals surface area (Å²) in [5, 5.41) is 12.3. The minimum atomic E-state index is 0.422. The molecule has 0 radical (unpaired) electrons. The molecule has 4 heteroatoms. The van der Waals surface area contributed by atoms with E-state index < -0.39 is 0 Å². The van der Waals surface area contributed by atoms with E-state index in [1.54, 1.807) is 0 Å². The lowest BCUT2D eigenvalue weighted by Crippen LogP contribution is -2.31. The van der Waals surface area contributed by atoms with Gasteiger partial charge in [0, 0.05) is 17.1 Å². The van der Waals surface area contributed by atoms with Gasteiger partial charge in [-0.1, -0.05) is 15.9 Å². The molecule has 0 aromatic heterocycles. The van der Waals surface area contributed by atoms with Crippen molar-refractivity contribution in [2.45, 2.75) is 13.0 Å². The molecular weight excluding hydrogens is 266 g/mol. The Bertz CT molecular complexity index is 396. The summed E-state index contributed by atoms with van der Waals surface area (Å²) in [5.41, 5.74) is 1.56. The standard InChI is InChI=1S/C12H16BrN3/c1-9(16(2)3)8-15-12-6-11(13)5-4-10(12)7-14/h4-6,9,15H,8H2,1-3H3. The maximum atomic E-state index is 8.97. The Morgan fingerprint density at radius 2 is 2.19 bits per heavy atom. The lowest BCUT2D eigenvalue weighted by molar-refractivity contribution is 0.326. The lowest BCUT2D eigenvalue weighted by Gasteiger charge is -2.21. The molecule has 1 aromatic rings. The summed E-state index contributed by atoms with van der Waals surface area (Å²) in [6.07, 6.45) is 0. The molecule has 0 heterocycles. The molecule has 1 unspecified atom stereocenters. The van der Waals surface area contributed by atoms with Crippen LogP contribution in [0.3, 0.4) is 0 Å². The Balaban J connectivity index is 2.73. The van der Waals surface area contributed by atoms with Crippen LogP contribution < -0.4 is 5.32 Å². The van der Waals surface area contributed by atoms with Gasteiger partial charge in [-0.25, -0.2) is 0 Å². The van der Waals surface area contributed by atoms with Crippen molar-refractivity contribution >= 4 is 21.6 Å². The van der Waals surface area contributed by atoms with Crippen LogP contribution in [0.1, 0.15) is 12.5 Å². The Morgan fingerprint density at radius 1 is 1.50 bits per heavy atom. The van der Waals surface area contributed by atoms with Crippen LogP contribution >= 0.6 is 15.9 Å². The van der Waals surface area contributed by atoms with E-state index in [1.807, 2.05) is 32.3 Å². The third-order valence-electron chi connectivity index (χ3n) is 2.57. The molecule has 0 amide bonds. The number of halogens is 1. The average molecular weight is 282 g/mol. The molecule has 16 heavy (non-hydrogen) atoms. The van der Waals surface area contributed by atoms with Crippen LogP contribution in [0.2, 0.25) is 0 Å². The third kappa shape index (κ3) is 3.51. The number of nitriles is 1. The van der Waals surface area contributed by atoms with Crippen molar-refractivity contribution in [1.29, 1.82) is 5.26 Å². The number of nitrogens with one attached hydrogen (secondary N) is 1. The summed E-state index contributed by atoms with van der Waals surface area (Å²) in [5.74, 6) is 0. The van der Waals surface area contributed by atoms with Gasteiger partial charge in [0.1, 0.15) is 6.07 Å². The number of hydrogen-bond donors (Lipinski definition) is 1. The molecule has 1 aromatic carbocycles. The number of anilines is 1. The van der Waals surface area contributed by atoms with E-state index in [-0.39, 0.29) is 0 Å². The number of likely N-dealkylation sites (N-methyl/N-ethyl adjacent to an activating group) is 1. The van der Waals surface area contributed by atoms with Gasteiger partial charge in [-0.3, -0.25) is 0 Å². The van der Waals surface area contributed by atoms with Gasteiger partial charge in [-0.05, 0) is 39.2 Å². The van der Waals surface area contributed by atoms with E-state index in [0.29, 0.717) is 11.6 Å². The first kappa shape index (κ1) is 13.0. The molecule has 0 aliphatic rings. The molecule has 0 saturated heterocycles. The molecule has 0 fully saturated rings. The van der Waals surface area contributed by atoms with Gasteiger partial charge < -0.3 is 10.2 Å². The van der Waals surface area contributed by atoms with Crippen molar-refractivity contribution in [3.8, 4) is 6.07 Å². The minimum Gasteiger partial charge on any atom is -0.382 e. The van der Waals surface area contributed by atoms with Gasteiger partial charge >= 0.3 is 0 Å². The highest BCUT2D eigenvalue weighted by Gasteiger charge is 2.06. The molecular formula is C12H16BrN3. The Kier molecular flexibility index (Phi) is 4.78. The molecule has 3 nitrogen and oxygen atoms in total. The second-order valence-electron chi connectivity index (χ2n) is 4.00. The fourth-order valence-corrected chi connectivity index (χ4v) is 1.56. The van der Waals surface area contributed by atoms with E-state index in [0.717, 1.165) is 16.7 Å². The number of hydrogen-bond acceptors (Lipinski definition) is 3. The van der Waals surface area contributed by atoms with Crippen LogP contribution in [0.15, 0.2) is 22.7 Å². The zero-order valence-electron chi connectivity index (χ0n) is 9.79. The molecule has 1 N–H and O–H groups in total. The fraction of sp³-hybridized carbons (Fsp3) is 0.417. The zero-order valence-corrected chi connectivity index (χ0v) is 11.4. The first-order chi connectivity index (χ1) is 7.54. The lowest BCUT2D eigenvalue weighted by atomic mass is 10.2. The van der Waals surface area contributed by atoms with Crippen molar-refractivity contribution < 1.29 is 0 Å². The predicted octanol–water partition coefficient (Wildman–Crippen LogP) is 2.68. The topological polar surface area (TPSA) is 39.1 Å². The zero-order chi connectivity index (χ0) is 12.1. The predicted molar refractivity (Wildman–Crippen MR) is 70.5 cm³/mol. The monoisotopic (exact) mass is 281 g/mol. The van der Waals surface area contributed by atoms with Gasteiger partial charge in [0.25, 0.3) is 0 Å². The van der Waals surface area contributed by atoms with Crippen LogP contribution in [0.4, 0.5) is 5.69 Å². The van der Waals surface area contributed by atoms with Gasteiger partial charge in [0.2, 0.25) is 0 Å². The van der Waals surface area contributed by atoms with E-state index in [4.69, 9.17) is 5.26 Å². The molecule has 0 bridgehead atoms. The van der Waals surface area contributed by atoms with Crippen LogP contribution in [-0.2, 0) is 0 Å². The van der Waals surface area contributed by atoms with Gasteiger partial charge in [-0.2, -0.15) is 5.26 Å². The fourth-order valence-electron chi connectivity index (χ4n) is 1.20. The molecule has 86 valence electrons. The van der Waals surface area contributed by atoms with Crippen LogP contribution in [0, 0.1) is 11.3 Å². The highest BCUT2D eigenvalue weighted by Crippen LogP contribution is 2.20. The van der Waals surface area contributed by atoms with E-state index in [1.165, 1.54) is 0 Å². The number of benzene rings is 1. The summed E-state index contributed by atoms with van der Waals surface area (Å²) >= 11 is 3.40. The van der Waals surface area contributed by atoms with Crippen LogP contribution in [-0.4, -0.2) is 31.6 Å². The van der Waals surface area contributed by atoms with Crippen molar-refractivity contribution in [2.75, 3.05) is 26.0 Å². The number of rotatable bonds is 4. The minimum absolute atomic E-state index is 0.422. The molecule has 1 rings (SSSR count). The second-order valence-corrected chi connectivity index (χ2v) is 4.91. The molecule has 0 aliphatic heterocycles. The Labute approximate surface area is 105 Å². The van der Waals surface area contributed by atoms with Crippen LogP contribution in [0.5, 0.6) is 0 Å². The Morgan fingerprint density at radius 3 is 2.75 bits per heavy atom. The Hall–Kier alpha value is -1.05. The summed E-state index contributed by atoms with van der Waals surface area (Å²) in [6.45, 7) is 2.95. The number of nitrogens with zero attached hydrogens (tertiary/aromatic N) is 2. The van der Waals surface area contributed by atoms with Crippen molar-refractivity contribution in [2.24, 2.45) is 0 Å². The van der Waals surface area contributed by atoms with Crippen LogP contribution in [0.25, 0.3) is 0 Å². The molecule has 0 spiro atoms. The average Bonchev–Trinajstić information content (AvgIpc) is 2.25. The van der Waals surface area contributed by atoms with Gasteiger partial charge in [0.15, 0.2) is 0 Å². The molecule has 0 aliphatic carbocycles. The highest BCUT2D eigenvalue weighted by atomic mass is 79.9. The van der Waals surface area contributed by atoms with Crippen molar-refractivity contribution in [3.63, 3.8) is 0 Å². The molecule has 1 atom stereocenters. The van der Waals surface area contributed by atoms with Crippen molar-refractivity contribution in [3.05, 3.63) is 28.2 Å². The first-order valence-corrected chi connectivity index (χ1v) is 5.94. The van der Waals surface area contributed by atoms with Gasteiger partial charge in [-0.15, -0.1) is 0 Å². The first-order valence-electron chi connectivity index (χ1n) is 5.14. The summed E-state index contributed by atoms with van der Waals surface area (Å²) in [6, 6.07) is 8.22. The summed E-state index contributed by atoms with van der Waals surface area (Å²) in [7, 11) is 4.08. The van der Waals surface area contributed by atoms with Gasteiger partial charge in [0.05, 0.1) is 11.3 Å². The van der Waals surface area contributed by atoms with E-state index in [9.17, 15) is 0 Å². The van der Waals surface area contributed by atoms with Crippen molar-refractivity contribution in [1.82, 2.24) is 4.90 Å². The smallest absolute Gasteiger partial charge is 0.101 e. The normalized spacial score (nSPS) is 12.2. The third-order valence-corrected chi connectivity index (χ3v) is 3.06. The maximum absolute atomic E-state index is 8.97. The summed E-state index contributed by atoms with van der Waals surface area (Å²) in [4.78, 5) is 2.14. The maximum Gasteiger partial charge on any atom is 0.101 e. The second kappa shape index (κ2) is 5.88. The molecule has 0 saturated carbocycles. The largest absolute Gasteiger partial charge is 0.382 e. The summed E-state index contributed by atoms with van der Waals surface area (Å²) < 4.78 is 0.978. The van der Waals surface area contributed by atoms with E-state index >= 15 is 0 Å².